The van der Waals surface area contributed by atoms with E-state index < -0.39 is 5.60 Å². The maximum Gasteiger partial charge on any atom is 0.0771 e. The molecule has 0 saturated heterocycles. The van der Waals surface area contributed by atoms with Gasteiger partial charge in [0, 0.05) is 12.6 Å². The minimum Gasteiger partial charge on any atom is -0.389 e. The smallest absolute Gasteiger partial charge is 0.0771 e. The Kier molecular flexibility index (Phi) is 3.99. The molecule has 0 aromatic heterocycles. The first-order valence-corrected chi connectivity index (χ1v) is 6.67. The maximum absolute atomic E-state index is 10.0. The van der Waals surface area contributed by atoms with Crippen LogP contribution in [0, 0.1) is 0 Å². The van der Waals surface area contributed by atoms with Crippen molar-refractivity contribution in [2.45, 2.75) is 37.8 Å². The first kappa shape index (κ1) is 13.2. The molecule has 2 rings (SSSR count). The van der Waals surface area contributed by atoms with Gasteiger partial charge in [-0.1, -0.05) is 35.3 Å². The van der Waals surface area contributed by atoms with Crippen molar-refractivity contribution in [3.8, 4) is 0 Å². The van der Waals surface area contributed by atoms with E-state index in [2.05, 4.69) is 5.32 Å². The third-order valence-electron chi connectivity index (χ3n) is 3.47. The van der Waals surface area contributed by atoms with E-state index in [4.69, 9.17) is 23.2 Å². The van der Waals surface area contributed by atoms with Crippen molar-refractivity contribution in [2.24, 2.45) is 0 Å². The molecule has 1 aliphatic carbocycles. The van der Waals surface area contributed by atoms with Crippen LogP contribution in [-0.2, 0) is 0 Å². The van der Waals surface area contributed by atoms with Gasteiger partial charge >= 0.3 is 0 Å². The van der Waals surface area contributed by atoms with Crippen molar-refractivity contribution in [3.05, 3.63) is 33.8 Å². The highest BCUT2D eigenvalue weighted by molar-refractivity contribution is 6.42. The summed E-state index contributed by atoms with van der Waals surface area (Å²) in [6.07, 6.45) is 2.89. The van der Waals surface area contributed by atoms with Crippen LogP contribution in [0.5, 0.6) is 0 Å². The Labute approximate surface area is 112 Å². The summed E-state index contributed by atoms with van der Waals surface area (Å²) >= 11 is 12.1. The van der Waals surface area contributed by atoms with Gasteiger partial charge in [0.2, 0.25) is 0 Å². The van der Waals surface area contributed by atoms with E-state index in [0.717, 1.165) is 24.8 Å². The van der Waals surface area contributed by atoms with Gasteiger partial charge in [-0.3, -0.25) is 0 Å². The van der Waals surface area contributed by atoms with Gasteiger partial charge in [0.15, 0.2) is 0 Å². The van der Waals surface area contributed by atoms with Crippen LogP contribution >= 0.6 is 23.2 Å². The molecule has 1 fully saturated rings. The van der Waals surface area contributed by atoms with Gasteiger partial charge in [0.05, 0.1) is 15.6 Å². The lowest BCUT2D eigenvalue weighted by Crippen LogP contribution is -2.46. The molecule has 1 aliphatic rings. The summed E-state index contributed by atoms with van der Waals surface area (Å²) in [5.74, 6) is 0. The van der Waals surface area contributed by atoms with Gasteiger partial charge in [0.1, 0.15) is 0 Å². The SMILES string of the molecule is CC(NCC1(O)CCC1)c1cccc(Cl)c1Cl. The quantitative estimate of drug-likeness (QED) is 0.879. The molecule has 0 spiro atoms. The minimum absolute atomic E-state index is 0.0887. The van der Waals surface area contributed by atoms with Crippen LogP contribution in [0.25, 0.3) is 0 Å². The lowest BCUT2D eigenvalue weighted by Gasteiger charge is -2.37. The first-order valence-electron chi connectivity index (χ1n) is 5.91. The standard InChI is InChI=1S/C13H17Cl2NO/c1-9(16-8-13(17)6-3-7-13)10-4-2-5-11(14)12(10)15/h2,4-5,9,16-17H,3,6-8H2,1H3. The molecule has 4 heteroatoms. The molecular formula is C13H17Cl2NO. The van der Waals surface area contributed by atoms with Gasteiger partial charge in [-0.2, -0.15) is 0 Å². The first-order chi connectivity index (χ1) is 8.02. The summed E-state index contributed by atoms with van der Waals surface area (Å²) in [6.45, 7) is 2.64. The Morgan fingerprint density at radius 2 is 2.12 bits per heavy atom. The van der Waals surface area contributed by atoms with Crippen LogP contribution < -0.4 is 5.32 Å². The van der Waals surface area contributed by atoms with E-state index in [1.165, 1.54) is 0 Å². The normalized spacial score (nSPS) is 19.8. The zero-order valence-corrected chi connectivity index (χ0v) is 11.4. The molecule has 1 atom stereocenters. The van der Waals surface area contributed by atoms with Crippen molar-refractivity contribution in [2.75, 3.05) is 6.54 Å². The van der Waals surface area contributed by atoms with E-state index >= 15 is 0 Å². The Balaban J connectivity index is 1.99. The van der Waals surface area contributed by atoms with Crippen molar-refractivity contribution >= 4 is 23.2 Å². The average Bonchev–Trinajstić information content (AvgIpc) is 2.27. The van der Waals surface area contributed by atoms with E-state index in [-0.39, 0.29) is 6.04 Å². The largest absolute Gasteiger partial charge is 0.389 e. The second-order valence-corrected chi connectivity index (χ2v) is 5.61. The van der Waals surface area contributed by atoms with Gasteiger partial charge in [0.25, 0.3) is 0 Å². The summed E-state index contributed by atoms with van der Waals surface area (Å²) in [7, 11) is 0. The molecule has 1 aromatic carbocycles. The number of hydrogen-bond donors (Lipinski definition) is 2. The highest BCUT2D eigenvalue weighted by Crippen LogP contribution is 2.33. The number of benzene rings is 1. The second kappa shape index (κ2) is 5.15. The van der Waals surface area contributed by atoms with Gasteiger partial charge in [-0.05, 0) is 37.8 Å². The molecule has 1 saturated carbocycles. The molecule has 0 aliphatic heterocycles. The van der Waals surface area contributed by atoms with Crippen LogP contribution in [0.3, 0.4) is 0 Å². The molecule has 0 heterocycles. The molecule has 1 aromatic rings. The Hall–Kier alpha value is -0.280. The number of aliphatic hydroxyl groups is 1. The Morgan fingerprint density at radius 3 is 2.71 bits per heavy atom. The predicted octanol–water partition coefficient (Wildman–Crippen LogP) is 3.56. The van der Waals surface area contributed by atoms with Crippen LogP contribution in [0.1, 0.15) is 37.8 Å². The molecule has 2 nitrogen and oxygen atoms in total. The highest BCUT2D eigenvalue weighted by Gasteiger charge is 2.34. The fourth-order valence-corrected chi connectivity index (χ4v) is 2.54. The molecule has 0 radical (unpaired) electrons. The van der Waals surface area contributed by atoms with Crippen molar-refractivity contribution in [3.63, 3.8) is 0 Å². The maximum atomic E-state index is 10.0. The molecule has 0 amide bonds. The zero-order valence-electron chi connectivity index (χ0n) is 9.84. The van der Waals surface area contributed by atoms with E-state index in [1.54, 1.807) is 6.07 Å². The Morgan fingerprint density at radius 1 is 1.41 bits per heavy atom. The highest BCUT2D eigenvalue weighted by atomic mass is 35.5. The number of rotatable bonds is 4. The lowest BCUT2D eigenvalue weighted by molar-refractivity contribution is -0.0329. The predicted molar refractivity (Wildman–Crippen MR) is 71.7 cm³/mol. The van der Waals surface area contributed by atoms with Crippen LogP contribution in [-0.4, -0.2) is 17.3 Å². The average molecular weight is 274 g/mol. The summed E-state index contributed by atoms with van der Waals surface area (Å²) in [4.78, 5) is 0. The number of hydrogen-bond acceptors (Lipinski definition) is 2. The number of nitrogens with one attached hydrogen (secondary N) is 1. The van der Waals surface area contributed by atoms with Crippen molar-refractivity contribution in [1.82, 2.24) is 5.32 Å². The topological polar surface area (TPSA) is 32.3 Å². The van der Waals surface area contributed by atoms with Crippen LogP contribution in [0.4, 0.5) is 0 Å². The molecule has 0 bridgehead atoms. The molecule has 17 heavy (non-hydrogen) atoms. The molecule has 1 unspecified atom stereocenters. The number of halogens is 2. The van der Waals surface area contributed by atoms with Crippen LogP contribution in [0.15, 0.2) is 18.2 Å². The third kappa shape index (κ3) is 2.94. The molecular weight excluding hydrogens is 257 g/mol. The minimum atomic E-state index is -0.515. The third-order valence-corrected chi connectivity index (χ3v) is 4.30. The monoisotopic (exact) mass is 273 g/mol. The van der Waals surface area contributed by atoms with Gasteiger partial charge in [-0.25, -0.2) is 0 Å². The van der Waals surface area contributed by atoms with Crippen LogP contribution in [0.2, 0.25) is 10.0 Å². The lowest BCUT2D eigenvalue weighted by atomic mass is 9.80. The molecule has 94 valence electrons. The fourth-order valence-electron chi connectivity index (χ4n) is 2.07. The van der Waals surface area contributed by atoms with Gasteiger partial charge in [-0.15, -0.1) is 0 Å². The van der Waals surface area contributed by atoms with Gasteiger partial charge < -0.3 is 10.4 Å². The van der Waals surface area contributed by atoms with Crippen molar-refractivity contribution in [1.29, 1.82) is 0 Å². The summed E-state index contributed by atoms with van der Waals surface area (Å²) in [6, 6.07) is 5.71. The molecule has 2 N–H and O–H groups in total. The second-order valence-electron chi connectivity index (χ2n) is 4.82. The van der Waals surface area contributed by atoms with E-state index in [0.29, 0.717) is 16.6 Å². The summed E-state index contributed by atoms with van der Waals surface area (Å²) in [5.41, 5.74) is 0.460. The van der Waals surface area contributed by atoms with E-state index in [9.17, 15) is 5.11 Å². The summed E-state index contributed by atoms with van der Waals surface area (Å²) < 4.78 is 0. The van der Waals surface area contributed by atoms with Crippen molar-refractivity contribution < 1.29 is 5.11 Å². The zero-order chi connectivity index (χ0) is 12.5. The Bertz CT molecular complexity index is 404. The van der Waals surface area contributed by atoms with E-state index in [1.807, 2.05) is 19.1 Å². The summed E-state index contributed by atoms with van der Waals surface area (Å²) in [5, 5.41) is 14.5. The fraction of sp³-hybridized carbons (Fsp3) is 0.538.